The SMILES string of the molecule is C=CCCCCCCCCC(=O)N[C@@H](Cc1ccccc1)C(=O)O.C=CCCCCCCCCC(=O)N[C@@H](Cc1ccccc1)C(=O)O. The molecule has 0 aliphatic heterocycles. The van der Waals surface area contributed by atoms with Crippen molar-refractivity contribution >= 4 is 23.8 Å². The molecule has 48 heavy (non-hydrogen) atoms. The van der Waals surface area contributed by atoms with Crippen LogP contribution in [0.4, 0.5) is 0 Å². The Hall–Kier alpha value is -4.20. The number of amides is 2. The van der Waals surface area contributed by atoms with Crippen LogP contribution >= 0.6 is 0 Å². The first kappa shape index (κ1) is 41.8. The van der Waals surface area contributed by atoms with Crippen LogP contribution in [0.2, 0.25) is 0 Å². The van der Waals surface area contributed by atoms with Gasteiger partial charge in [0, 0.05) is 25.7 Å². The second kappa shape index (κ2) is 27.9. The van der Waals surface area contributed by atoms with E-state index in [-0.39, 0.29) is 11.8 Å². The normalized spacial score (nSPS) is 11.7. The van der Waals surface area contributed by atoms with E-state index in [1.54, 1.807) is 0 Å². The van der Waals surface area contributed by atoms with Crippen LogP contribution < -0.4 is 10.6 Å². The number of hydrogen-bond acceptors (Lipinski definition) is 4. The van der Waals surface area contributed by atoms with Crippen LogP contribution in [0, 0.1) is 0 Å². The second-order valence-corrected chi connectivity index (χ2v) is 12.2. The van der Waals surface area contributed by atoms with Gasteiger partial charge in [-0.25, -0.2) is 9.59 Å². The second-order valence-electron chi connectivity index (χ2n) is 12.2. The third-order valence-corrected chi connectivity index (χ3v) is 7.96. The lowest BCUT2D eigenvalue weighted by Gasteiger charge is -2.14. The van der Waals surface area contributed by atoms with Gasteiger partial charge in [0.05, 0.1) is 0 Å². The summed E-state index contributed by atoms with van der Waals surface area (Å²) >= 11 is 0. The predicted molar refractivity (Wildman–Crippen MR) is 194 cm³/mol. The molecule has 0 saturated carbocycles. The fourth-order valence-corrected chi connectivity index (χ4v) is 5.20. The number of carboxylic acid groups (broad SMARTS) is 2. The average molecular weight is 663 g/mol. The largest absolute Gasteiger partial charge is 0.480 e. The quantitative estimate of drug-likeness (QED) is 0.0593. The minimum absolute atomic E-state index is 0.176. The molecule has 0 aromatic heterocycles. The number of aliphatic carboxylic acids is 2. The molecule has 0 aliphatic rings. The van der Waals surface area contributed by atoms with Crippen LogP contribution in [0.3, 0.4) is 0 Å². The monoisotopic (exact) mass is 662 g/mol. The minimum Gasteiger partial charge on any atom is -0.480 e. The summed E-state index contributed by atoms with van der Waals surface area (Å²) in [7, 11) is 0. The molecule has 0 aliphatic carbocycles. The van der Waals surface area contributed by atoms with Gasteiger partial charge in [0.15, 0.2) is 0 Å². The van der Waals surface area contributed by atoms with Crippen LogP contribution in [-0.2, 0) is 32.0 Å². The number of allylic oxidation sites excluding steroid dienone is 2. The average Bonchev–Trinajstić information content (AvgIpc) is 3.07. The lowest BCUT2D eigenvalue weighted by atomic mass is 10.1. The van der Waals surface area contributed by atoms with Crippen molar-refractivity contribution in [3.63, 3.8) is 0 Å². The van der Waals surface area contributed by atoms with Crippen molar-refractivity contribution < 1.29 is 29.4 Å². The van der Waals surface area contributed by atoms with Crippen LogP contribution in [0.5, 0.6) is 0 Å². The third-order valence-electron chi connectivity index (χ3n) is 7.96. The number of carbonyl (C=O) groups excluding carboxylic acids is 2. The Balaban J connectivity index is 0.000000480. The van der Waals surface area contributed by atoms with Gasteiger partial charge in [0.25, 0.3) is 0 Å². The van der Waals surface area contributed by atoms with Gasteiger partial charge >= 0.3 is 11.9 Å². The van der Waals surface area contributed by atoms with Crippen LogP contribution in [0.1, 0.15) is 114 Å². The van der Waals surface area contributed by atoms with Crippen molar-refractivity contribution in [2.24, 2.45) is 0 Å². The van der Waals surface area contributed by atoms with Crippen LogP contribution in [-0.4, -0.2) is 46.0 Å². The Kier molecular flexibility index (Phi) is 24.3. The molecule has 2 aromatic rings. The van der Waals surface area contributed by atoms with Crippen molar-refractivity contribution in [2.75, 3.05) is 0 Å². The van der Waals surface area contributed by atoms with Gasteiger partial charge in [-0.05, 0) is 49.7 Å². The van der Waals surface area contributed by atoms with E-state index in [1.165, 1.54) is 38.5 Å². The summed E-state index contributed by atoms with van der Waals surface area (Å²) in [5.74, 6) is -2.33. The van der Waals surface area contributed by atoms with E-state index in [2.05, 4.69) is 23.8 Å². The van der Waals surface area contributed by atoms with Gasteiger partial charge in [-0.1, -0.05) is 124 Å². The fourth-order valence-electron chi connectivity index (χ4n) is 5.20. The first-order chi connectivity index (χ1) is 23.3. The molecule has 0 bridgehead atoms. The Bertz CT molecular complexity index is 1090. The summed E-state index contributed by atoms with van der Waals surface area (Å²) in [6.45, 7) is 7.41. The Morgan fingerprint density at radius 1 is 0.521 bits per heavy atom. The van der Waals surface area contributed by atoms with E-state index in [1.807, 2.05) is 72.8 Å². The molecular formula is C40H58N2O6. The van der Waals surface area contributed by atoms with Crippen molar-refractivity contribution in [3.05, 3.63) is 97.1 Å². The summed E-state index contributed by atoms with van der Waals surface area (Å²) in [6, 6.07) is 17.0. The molecular weight excluding hydrogens is 604 g/mol. The Morgan fingerprint density at radius 3 is 1.15 bits per heavy atom. The summed E-state index contributed by atoms with van der Waals surface area (Å²) in [5, 5.41) is 23.8. The highest BCUT2D eigenvalue weighted by Gasteiger charge is 2.21. The highest BCUT2D eigenvalue weighted by atomic mass is 16.4. The van der Waals surface area contributed by atoms with E-state index in [4.69, 9.17) is 0 Å². The van der Waals surface area contributed by atoms with Crippen molar-refractivity contribution in [3.8, 4) is 0 Å². The Morgan fingerprint density at radius 2 is 0.833 bits per heavy atom. The van der Waals surface area contributed by atoms with E-state index >= 15 is 0 Å². The lowest BCUT2D eigenvalue weighted by molar-refractivity contribution is -0.142. The minimum atomic E-state index is -0.991. The summed E-state index contributed by atoms with van der Waals surface area (Å²) in [5.41, 5.74) is 1.81. The molecule has 0 saturated heterocycles. The molecule has 0 radical (unpaired) electrons. The zero-order chi connectivity index (χ0) is 35.2. The maximum atomic E-state index is 11.9. The molecule has 264 valence electrons. The zero-order valence-corrected chi connectivity index (χ0v) is 28.8. The molecule has 8 heteroatoms. The fraction of sp³-hybridized carbons (Fsp3) is 0.500. The highest BCUT2D eigenvalue weighted by Crippen LogP contribution is 2.11. The van der Waals surface area contributed by atoms with Crippen molar-refractivity contribution in [1.29, 1.82) is 0 Å². The molecule has 0 heterocycles. The standard InChI is InChI=1S/2C20H29NO3/c2*1-2-3-4-5-6-7-8-12-15-19(22)21-18(20(23)24)16-17-13-10-9-11-14-17/h2*2,9-11,13-14,18H,1,3-8,12,15-16H2,(H,21,22)(H,23,24)/t2*18-/m00/s1. The first-order valence-electron chi connectivity index (χ1n) is 17.6. The molecule has 0 unspecified atom stereocenters. The van der Waals surface area contributed by atoms with Crippen LogP contribution in [0.25, 0.3) is 0 Å². The lowest BCUT2D eigenvalue weighted by Crippen LogP contribution is -2.42. The topological polar surface area (TPSA) is 133 Å². The van der Waals surface area contributed by atoms with Gasteiger partial charge in [-0.15, -0.1) is 13.2 Å². The smallest absolute Gasteiger partial charge is 0.326 e. The van der Waals surface area contributed by atoms with Gasteiger partial charge in [0.1, 0.15) is 12.1 Å². The molecule has 2 amide bonds. The van der Waals surface area contributed by atoms with Crippen LogP contribution in [0.15, 0.2) is 86.0 Å². The van der Waals surface area contributed by atoms with Gasteiger partial charge in [0.2, 0.25) is 11.8 Å². The van der Waals surface area contributed by atoms with E-state index in [0.717, 1.165) is 62.5 Å². The number of benzene rings is 2. The maximum Gasteiger partial charge on any atom is 0.326 e. The summed E-state index contributed by atoms with van der Waals surface area (Å²) in [4.78, 5) is 46.5. The van der Waals surface area contributed by atoms with Gasteiger partial charge in [-0.2, -0.15) is 0 Å². The number of hydrogen-bond donors (Lipinski definition) is 4. The molecule has 0 spiro atoms. The number of nitrogens with one attached hydrogen (secondary N) is 2. The van der Waals surface area contributed by atoms with E-state index in [9.17, 15) is 29.4 Å². The molecule has 4 N–H and O–H groups in total. The molecule has 2 atom stereocenters. The van der Waals surface area contributed by atoms with Gasteiger partial charge in [-0.3, -0.25) is 9.59 Å². The van der Waals surface area contributed by atoms with E-state index < -0.39 is 24.0 Å². The third kappa shape index (κ3) is 22.3. The number of unbranched alkanes of at least 4 members (excludes halogenated alkanes) is 12. The van der Waals surface area contributed by atoms with E-state index in [0.29, 0.717) is 25.7 Å². The predicted octanol–water partition coefficient (Wildman–Crippen LogP) is 8.21. The summed E-state index contributed by atoms with van der Waals surface area (Å²) in [6.07, 6.45) is 20.5. The number of carbonyl (C=O) groups is 4. The molecule has 2 aromatic carbocycles. The zero-order valence-electron chi connectivity index (χ0n) is 28.8. The molecule has 2 rings (SSSR count). The number of rotatable bonds is 26. The number of carboxylic acids is 2. The van der Waals surface area contributed by atoms with Crippen molar-refractivity contribution in [2.45, 2.75) is 128 Å². The summed E-state index contributed by atoms with van der Waals surface area (Å²) < 4.78 is 0. The molecule has 8 nitrogen and oxygen atoms in total. The maximum absolute atomic E-state index is 11.9. The molecule has 0 fully saturated rings. The van der Waals surface area contributed by atoms with Crippen molar-refractivity contribution in [1.82, 2.24) is 10.6 Å². The first-order valence-corrected chi connectivity index (χ1v) is 17.6. The Labute approximate surface area is 288 Å². The highest BCUT2D eigenvalue weighted by molar-refractivity contribution is 5.84. The van der Waals surface area contributed by atoms with Gasteiger partial charge < -0.3 is 20.8 Å².